The Morgan fingerprint density at radius 1 is 0.385 bits per heavy atom. The largest absolute Gasteiger partial charge is 0.490 e. The zero-order valence-corrected chi connectivity index (χ0v) is 57.8. The first kappa shape index (κ1) is 68.0. The summed E-state index contributed by atoms with van der Waals surface area (Å²) in [4.78, 5) is 13.9. The minimum absolute atomic E-state index is 0.0539. The molecule has 482 valence electrons. The van der Waals surface area contributed by atoms with Gasteiger partial charge in [-0.05, 0) is 178 Å². The Morgan fingerprint density at radius 2 is 0.648 bits per heavy atom. The molecular weight excluding hydrogens is 1190 g/mol. The van der Waals surface area contributed by atoms with Crippen molar-refractivity contribution in [3.8, 4) is 33.8 Å². The van der Waals surface area contributed by atoms with Crippen molar-refractivity contribution >= 4 is 92.8 Å². The number of rotatable bonds is 34. The maximum absolute atomic E-state index is 11.4. The fourth-order valence-corrected chi connectivity index (χ4v) is 14.9. The molecule has 2 aliphatic carbocycles. The summed E-state index contributed by atoms with van der Waals surface area (Å²) < 4.78 is 14.3. The van der Waals surface area contributed by atoms with Gasteiger partial charge in [0.1, 0.15) is 36.1 Å². The normalized spacial score (nSPS) is 12.9. The molecular formula is C72H92N12O4S3. The zero-order valence-electron chi connectivity index (χ0n) is 55.3. The summed E-state index contributed by atoms with van der Waals surface area (Å²) in [6.07, 6.45) is 1.89. The number of fused-ring (bicyclic) bond motifs is 6. The fourth-order valence-electron chi connectivity index (χ4n) is 12.0. The third-order valence-corrected chi connectivity index (χ3v) is 20.6. The Kier molecular flexibility index (Phi) is 24.4. The predicted octanol–water partition coefficient (Wildman–Crippen LogP) is 14.4. The minimum Gasteiger partial charge on any atom is -0.490 e. The first-order valence-electron chi connectivity index (χ1n) is 32.7. The zero-order chi connectivity index (χ0) is 64.6. The average Bonchev–Trinajstić information content (AvgIpc) is 1.62. The second-order valence-corrected chi connectivity index (χ2v) is 25.7. The predicted molar refractivity (Wildman–Crippen MR) is 389 cm³/mol. The van der Waals surface area contributed by atoms with Crippen molar-refractivity contribution in [1.29, 1.82) is 0 Å². The lowest BCUT2D eigenvalue weighted by molar-refractivity contribution is 0.126. The number of benzene rings is 6. The van der Waals surface area contributed by atoms with Crippen LogP contribution in [-0.2, 0) is 0 Å². The number of ether oxygens (including phenoxy) is 2. The minimum atomic E-state index is -0.812. The van der Waals surface area contributed by atoms with Crippen LogP contribution in [-0.4, -0.2) is 160 Å². The number of aromatic nitrogens is 2. The molecule has 0 amide bonds. The van der Waals surface area contributed by atoms with Crippen LogP contribution in [0.2, 0.25) is 0 Å². The average molecular weight is 1290 g/mol. The van der Waals surface area contributed by atoms with Crippen molar-refractivity contribution in [2.45, 2.75) is 104 Å². The molecule has 7 aromatic rings. The van der Waals surface area contributed by atoms with Crippen molar-refractivity contribution in [1.82, 2.24) is 10.2 Å². The van der Waals surface area contributed by atoms with E-state index in [1.165, 1.54) is 34.9 Å². The first-order valence-corrected chi connectivity index (χ1v) is 35.5. The molecule has 2 aliphatic rings. The van der Waals surface area contributed by atoms with E-state index in [2.05, 4.69) is 208 Å². The molecule has 1 aromatic heterocycles. The molecule has 0 spiro atoms. The van der Waals surface area contributed by atoms with Gasteiger partial charge in [-0.15, -0.1) is 20.4 Å². The lowest BCUT2D eigenvalue weighted by Gasteiger charge is -2.22. The van der Waals surface area contributed by atoms with Gasteiger partial charge < -0.3 is 49.1 Å². The van der Waals surface area contributed by atoms with Gasteiger partial charge in [0.2, 0.25) is 0 Å². The summed E-state index contributed by atoms with van der Waals surface area (Å²) in [5, 5.41) is 51.1. The van der Waals surface area contributed by atoms with Crippen molar-refractivity contribution in [2.75, 3.05) is 133 Å². The van der Waals surface area contributed by atoms with Gasteiger partial charge in [-0.25, -0.2) is 0 Å². The fraction of sp³-hybridized carbons (Fsp3) is 0.417. The number of aliphatic hydroxyl groups is 2. The van der Waals surface area contributed by atoms with E-state index in [-0.39, 0.29) is 13.2 Å². The molecule has 0 aliphatic heterocycles. The quantitative estimate of drug-likeness (QED) is 0.0223. The number of hydrogen-bond acceptors (Lipinski definition) is 19. The highest BCUT2D eigenvalue weighted by Crippen LogP contribution is 2.43. The molecule has 9 rings (SSSR count). The van der Waals surface area contributed by atoms with Gasteiger partial charge >= 0.3 is 0 Å². The molecule has 0 fully saturated rings. The summed E-state index contributed by atoms with van der Waals surface area (Å²) in [5.41, 5.74) is 18.7. The number of nitrogens with zero attached hydrogens (tertiary/aromatic N) is 12. The summed E-state index contributed by atoms with van der Waals surface area (Å²) >= 11 is 4.28. The molecule has 0 saturated heterocycles. The van der Waals surface area contributed by atoms with Gasteiger partial charge in [0.25, 0.3) is 0 Å². The standard InChI is InChI=1S/C72H92N12O4S3/c1-13-79(14-2)51-29-33-59-60-34-30-52(80(15-3)16-4)38-64(60)69(63(59)37-51)75-73-43-49-25-27-55(83(21-9)22-10)41-67(49)87-45-57(85)47-89-71-77-78-72(91-71)90-48-58(86)46-88-68-42-56(84(23-11)24-12)28-26-50(68)44-74-76-70-65-39-53(81(17-5)18-6)31-35-61(65)62-36-32-54(40-66(62)70)82(19-7)20-8/h25-44,57-58,85-86H,13-24,45-48H2,1-12H3. The molecule has 91 heavy (non-hydrogen) atoms. The van der Waals surface area contributed by atoms with E-state index in [9.17, 15) is 10.2 Å². The van der Waals surface area contributed by atoms with E-state index >= 15 is 0 Å². The lowest BCUT2D eigenvalue weighted by atomic mass is 10.0. The van der Waals surface area contributed by atoms with E-state index < -0.39 is 12.2 Å². The Balaban J connectivity index is 0.848. The van der Waals surface area contributed by atoms with Gasteiger partial charge in [0, 0.05) is 170 Å². The molecule has 2 atom stereocenters. The summed E-state index contributed by atoms with van der Waals surface area (Å²) in [7, 11) is 0. The van der Waals surface area contributed by atoms with Crippen LogP contribution >= 0.6 is 34.9 Å². The van der Waals surface area contributed by atoms with Crippen LogP contribution in [0.3, 0.4) is 0 Å². The summed E-state index contributed by atoms with van der Waals surface area (Å²) in [6.45, 7) is 36.7. The van der Waals surface area contributed by atoms with Crippen LogP contribution in [0.5, 0.6) is 11.5 Å². The molecule has 2 unspecified atom stereocenters. The molecule has 16 nitrogen and oxygen atoms in total. The third-order valence-electron chi connectivity index (χ3n) is 17.1. The van der Waals surface area contributed by atoms with Crippen LogP contribution in [0.1, 0.15) is 116 Å². The van der Waals surface area contributed by atoms with Crippen molar-refractivity contribution in [3.63, 3.8) is 0 Å². The van der Waals surface area contributed by atoms with Gasteiger partial charge in [-0.3, -0.25) is 0 Å². The number of aliphatic hydroxyl groups excluding tert-OH is 2. The molecule has 0 radical (unpaired) electrons. The van der Waals surface area contributed by atoms with E-state index in [4.69, 9.17) is 29.9 Å². The maximum atomic E-state index is 11.4. The lowest BCUT2D eigenvalue weighted by Crippen LogP contribution is -2.23. The Bertz CT molecular complexity index is 3320. The van der Waals surface area contributed by atoms with E-state index in [0.29, 0.717) is 31.7 Å². The van der Waals surface area contributed by atoms with Crippen LogP contribution in [0.4, 0.5) is 34.1 Å². The highest BCUT2D eigenvalue weighted by Gasteiger charge is 2.29. The van der Waals surface area contributed by atoms with Gasteiger partial charge in [0.15, 0.2) is 8.68 Å². The van der Waals surface area contributed by atoms with Crippen LogP contribution < -0.4 is 38.9 Å². The summed E-state index contributed by atoms with van der Waals surface area (Å²) in [6, 6.07) is 38.9. The van der Waals surface area contributed by atoms with Gasteiger partial charge in [-0.1, -0.05) is 59.1 Å². The van der Waals surface area contributed by atoms with E-state index in [1.807, 2.05) is 24.3 Å². The van der Waals surface area contributed by atoms with Crippen LogP contribution in [0.25, 0.3) is 22.3 Å². The molecule has 1 heterocycles. The second kappa shape index (κ2) is 32.7. The number of thioether (sulfide) groups is 2. The van der Waals surface area contributed by atoms with Gasteiger partial charge in [-0.2, -0.15) is 10.2 Å². The van der Waals surface area contributed by atoms with Crippen LogP contribution in [0, 0.1) is 0 Å². The van der Waals surface area contributed by atoms with Crippen LogP contribution in [0.15, 0.2) is 138 Å². The number of hydrogen-bond donors (Lipinski definition) is 2. The van der Waals surface area contributed by atoms with E-state index in [0.717, 1.165) is 180 Å². The third kappa shape index (κ3) is 15.9. The highest BCUT2D eigenvalue weighted by molar-refractivity contribution is 8.03. The van der Waals surface area contributed by atoms with Crippen molar-refractivity contribution < 1.29 is 19.7 Å². The molecule has 6 aromatic carbocycles. The molecule has 0 saturated carbocycles. The smallest absolute Gasteiger partial charge is 0.175 e. The monoisotopic (exact) mass is 1280 g/mol. The van der Waals surface area contributed by atoms with Crippen molar-refractivity contribution in [2.24, 2.45) is 20.4 Å². The molecule has 2 N–H and O–H groups in total. The van der Waals surface area contributed by atoms with Crippen molar-refractivity contribution in [3.05, 3.63) is 143 Å². The van der Waals surface area contributed by atoms with E-state index in [1.54, 1.807) is 12.4 Å². The Hall–Kier alpha value is -7.42. The molecule has 0 bridgehead atoms. The topological polar surface area (TPSA) is 154 Å². The SMILES string of the molecule is CCN(CC)c1ccc(C=NN=C2c3cc(N(CC)CC)ccc3-c3ccc(N(CC)CC)cc32)c(OCC(O)CSc2nnc(SCC(O)COc3cc(N(CC)CC)ccc3C=NN=C3c4cc(N(CC)CC)ccc4-c4ccc(N(CC)CC)cc43)s2)c1. The molecule has 19 heteroatoms. The maximum Gasteiger partial charge on any atom is 0.175 e. The summed E-state index contributed by atoms with van der Waals surface area (Å²) in [5.74, 6) is 1.90. The first-order chi connectivity index (χ1) is 44.4. The van der Waals surface area contributed by atoms with Gasteiger partial charge in [0.05, 0.1) is 24.6 Å². The Labute approximate surface area is 552 Å². The highest BCUT2D eigenvalue weighted by atomic mass is 32.2. The number of anilines is 6. The second-order valence-electron chi connectivity index (χ2n) is 22.2. The Morgan fingerprint density at radius 3 is 0.923 bits per heavy atom.